The molecule has 0 saturated carbocycles. The van der Waals surface area contributed by atoms with Crippen molar-refractivity contribution in [2.45, 2.75) is 39.1 Å². The number of nitrogens with two attached hydrogens (primary N) is 1. The second kappa shape index (κ2) is 7.11. The third kappa shape index (κ3) is 4.17. The number of primary amides is 1. The van der Waals surface area contributed by atoms with E-state index in [0.717, 1.165) is 13.1 Å². The fourth-order valence-electron chi connectivity index (χ4n) is 2.97. The zero-order valence-corrected chi connectivity index (χ0v) is 15.3. The second-order valence-corrected chi connectivity index (χ2v) is 7.12. The van der Waals surface area contributed by atoms with E-state index in [9.17, 15) is 4.79 Å². The molecule has 2 N–H and O–H groups in total. The molecule has 3 rings (SSSR count). The lowest BCUT2D eigenvalue weighted by molar-refractivity contribution is -0.118. The summed E-state index contributed by atoms with van der Waals surface area (Å²) in [7, 11) is 0. The van der Waals surface area contributed by atoms with Gasteiger partial charge in [0.15, 0.2) is 16.4 Å². The summed E-state index contributed by atoms with van der Waals surface area (Å²) in [4.78, 5) is 13.4. The molecule has 9 heteroatoms. The van der Waals surface area contributed by atoms with Crippen LogP contribution in [0.4, 0.5) is 0 Å². The molecule has 1 amide bonds. The first-order chi connectivity index (χ1) is 11.9. The Morgan fingerprint density at radius 3 is 2.92 bits per heavy atom. The molecule has 0 atom stereocenters. The van der Waals surface area contributed by atoms with Gasteiger partial charge in [0.05, 0.1) is 25.1 Å². The van der Waals surface area contributed by atoms with Crippen molar-refractivity contribution in [2.75, 3.05) is 19.7 Å². The minimum Gasteiger partial charge on any atom is -0.461 e. The third-order valence-corrected chi connectivity index (χ3v) is 4.52. The van der Waals surface area contributed by atoms with Crippen LogP contribution in [0.2, 0.25) is 0 Å². The van der Waals surface area contributed by atoms with Crippen LogP contribution in [0.25, 0.3) is 11.6 Å². The topological polar surface area (TPSA) is 91.5 Å². The van der Waals surface area contributed by atoms with E-state index in [-0.39, 0.29) is 17.9 Å². The maximum Gasteiger partial charge on any atom is 0.219 e. The van der Waals surface area contributed by atoms with Crippen molar-refractivity contribution in [1.29, 1.82) is 0 Å². The number of hydrogen-bond donors (Lipinski definition) is 1. The van der Waals surface area contributed by atoms with Gasteiger partial charge < -0.3 is 14.9 Å². The summed E-state index contributed by atoms with van der Waals surface area (Å²) >= 11 is 5.58. The van der Waals surface area contributed by atoms with Crippen molar-refractivity contribution >= 4 is 18.1 Å². The smallest absolute Gasteiger partial charge is 0.219 e. The molecule has 3 heterocycles. The summed E-state index contributed by atoms with van der Waals surface area (Å²) in [5.74, 6) is 0.829. The van der Waals surface area contributed by atoms with E-state index in [1.807, 2.05) is 6.07 Å². The fraction of sp³-hybridized carbons (Fsp3) is 0.562. The van der Waals surface area contributed by atoms with Crippen LogP contribution in [0.5, 0.6) is 0 Å². The normalized spacial score (nSPS) is 17.7. The van der Waals surface area contributed by atoms with E-state index < -0.39 is 0 Å². The van der Waals surface area contributed by atoms with E-state index in [1.165, 1.54) is 0 Å². The lowest BCUT2D eigenvalue weighted by atomic mass is 10.1. The van der Waals surface area contributed by atoms with Crippen LogP contribution in [0.15, 0.2) is 22.8 Å². The predicted molar refractivity (Wildman–Crippen MR) is 94.2 cm³/mol. The second-order valence-electron chi connectivity index (χ2n) is 6.75. The van der Waals surface area contributed by atoms with Gasteiger partial charge in [0, 0.05) is 26.1 Å². The van der Waals surface area contributed by atoms with Crippen molar-refractivity contribution in [3.8, 4) is 11.6 Å². The molecule has 2 aromatic heterocycles. The minimum absolute atomic E-state index is 0.193. The molecule has 0 unspecified atom stereocenters. The molecule has 8 nitrogen and oxygen atoms in total. The van der Waals surface area contributed by atoms with Crippen molar-refractivity contribution in [3.63, 3.8) is 0 Å². The molecule has 0 radical (unpaired) electrons. The molecule has 0 spiro atoms. The summed E-state index contributed by atoms with van der Waals surface area (Å²) < 4.78 is 15.3. The van der Waals surface area contributed by atoms with Gasteiger partial charge in [-0.15, -0.1) is 5.10 Å². The van der Waals surface area contributed by atoms with E-state index in [1.54, 1.807) is 21.6 Å². The van der Waals surface area contributed by atoms with Gasteiger partial charge in [-0.2, -0.15) is 0 Å². The SMILES string of the molecule is CC1(C)CN(Cn2nc(-c3ccco3)n(CCC(N)=O)c2=S)CCO1. The number of hydrogen-bond acceptors (Lipinski definition) is 6. The molecule has 1 aliphatic rings. The Balaban J connectivity index is 1.88. The van der Waals surface area contributed by atoms with Crippen LogP contribution < -0.4 is 5.73 Å². The van der Waals surface area contributed by atoms with Gasteiger partial charge in [-0.1, -0.05) is 0 Å². The van der Waals surface area contributed by atoms with Crippen molar-refractivity contribution in [3.05, 3.63) is 23.2 Å². The Morgan fingerprint density at radius 2 is 2.28 bits per heavy atom. The number of nitrogens with zero attached hydrogens (tertiary/aromatic N) is 4. The van der Waals surface area contributed by atoms with Crippen LogP contribution in [-0.2, 0) is 22.7 Å². The van der Waals surface area contributed by atoms with Gasteiger partial charge in [-0.05, 0) is 38.2 Å². The van der Waals surface area contributed by atoms with Crippen LogP contribution in [0.1, 0.15) is 20.3 Å². The van der Waals surface area contributed by atoms with E-state index in [2.05, 4.69) is 23.8 Å². The average Bonchev–Trinajstić information content (AvgIpc) is 3.14. The lowest BCUT2D eigenvalue weighted by Gasteiger charge is -2.37. The Bertz CT molecular complexity index is 793. The molecular formula is C16H23N5O3S. The number of furan rings is 1. The van der Waals surface area contributed by atoms with Crippen molar-refractivity contribution < 1.29 is 13.9 Å². The first-order valence-electron chi connectivity index (χ1n) is 8.22. The number of amides is 1. The highest BCUT2D eigenvalue weighted by Crippen LogP contribution is 2.21. The Labute approximate surface area is 151 Å². The maximum atomic E-state index is 11.2. The summed E-state index contributed by atoms with van der Waals surface area (Å²) in [5.41, 5.74) is 5.09. The van der Waals surface area contributed by atoms with Gasteiger partial charge in [0.1, 0.15) is 0 Å². The highest BCUT2D eigenvalue weighted by atomic mass is 32.1. The molecule has 1 aliphatic heterocycles. The van der Waals surface area contributed by atoms with Crippen LogP contribution in [-0.4, -0.2) is 50.5 Å². The molecule has 0 aliphatic carbocycles. The monoisotopic (exact) mass is 365 g/mol. The fourth-order valence-corrected chi connectivity index (χ4v) is 3.25. The Kier molecular flexibility index (Phi) is 5.07. The first kappa shape index (κ1) is 17.8. The van der Waals surface area contributed by atoms with E-state index in [4.69, 9.17) is 27.1 Å². The van der Waals surface area contributed by atoms with E-state index in [0.29, 0.717) is 36.2 Å². The zero-order chi connectivity index (χ0) is 18.0. The summed E-state index contributed by atoms with van der Waals surface area (Å²) in [6, 6.07) is 3.61. The first-order valence-corrected chi connectivity index (χ1v) is 8.63. The molecular weight excluding hydrogens is 342 g/mol. The van der Waals surface area contributed by atoms with Crippen molar-refractivity contribution in [2.24, 2.45) is 5.73 Å². The Hall–Kier alpha value is -1.97. The van der Waals surface area contributed by atoms with Gasteiger partial charge in [-0.3, -0.25) is 14.3 Å². The van der Waals surface area contributed by atoms with Gasteiger partial charge in [-0.25, -0.2) is 4.68 Å². The largest absolute Gasteiger partial charge is 0.461 e. The van der Waals surface area contributed by atoms with Crippen molar-refractivity contribution in [1.82, 2.24) is 19.2 Å². The average molecular weight is 365 g/mol. The number of ether oxygens (including phenoxy) is 1. The summed E-state index contributed by atoms with van der Waals surface area (Å²) in [6.45, 7) is 7.35. The molecule has 25 heavy (non-hydrogen) atoms. The van der Waals surface area contributed by atoms with Gasteiger partial charge in [0.25, 0.3) is 0 Å². The summed E-state index contributed by atoms with van der Waals surface area (Å²) in [6.07, 6.45) is 1.78. The lowest BCUT2D eigenvalue weighted by Crippen LogP contribution is -2.48. The predicted octanol–water partition coefficient (Wildman–Crippen LogP) is 1.62. The van der Waals surface area contributed by atoms with Gasteiger partial charge >= 0.3 is 0 Å². The number of rotatable bonds is 6. The highest BCUT2D eigenvalue weighted by molar-refractivity contribution is 7.71. The molecule has 1 saturated heterocycles. The minimum atomic E-state index is -0.380. The highest BCUT2D eigenvalue weighted by Gasteiger charge is 2.28. The number of aromatic nitrogens is 3. The molecule has 136 valence electrons. The zero-order valence-electron chi connectivity index (χ0n) is 14.5. The van der Waals surface area contributed by atoms with Crippen LogP contribution in [0.3, 0.4) is 0 Å². The number of carbonyl (C=O) groups is 1. The number of morpholine rings is 1. The quantitative estimate of drug-likeness (QED) is 0.782. The standard InChI is InChI=1S/C16H23N5O3S/c1-16(2)10-19(7-9-24-16)11-21-15(25)20(6-5-13(17)22)14(18-21)12-4-3-8-23-12/h3-4,8H,5-7,9-11H2,1-2H3,(H2,17,22). The maximum absolute atomic E-state index is 11.2. The molecule has 0 aromatic carbocycles. The van der Waals surface area contributed by atoms with Gasteiger partial charge in [0.2, 0.25) is 5.91 Å². The van der Waals surface area contributed by atoms with E-state index >= 15 is 0 Å². The third-order valence-electron chi connectivity index (χ3n) is 4.08. The molecule has 2 aromatic rings. The van der Waals surface area contributed by atoms with Crippen LogP contribution in [0, 0.1) is 4.77 Å². The van der Waals surface area contributed by atoms with Crippen LogP contribution >= 0.6 is 12.2 Å². The Morgan fingerprint density at radius 1 is 1.48 bits per heavy atom. The molecule has 0 bridgehead atoms. The summed E-state index contributed by atoms with van der Waals surface area (Å²) in [5, 5.41) is 4.62. The number of carbonyl (C=O) groups excluding carboxylic acids is 1. The molecule has 1 fully saturated rings.